The predicted octanol–water partition coefficient (Wildman–Crippen LogP) is 3.39. The maximum Gasteiger partial charge on any atom is 0.308 e. The van der Waals surface area contributed by atoms with E-state index in [1.807, 2.05) is 30.3 Å². The summed E-state index contributed by atoms with van der Waals surface area (Å²) in [6.45, 7) is -0.175. The molecule has 6 heteroatoms. The van der Waals surface area contributed by atoms with Crippen LogP contribution in [0.5, 0.6) is 0 Å². The van der Waals surface area contributed by atoms with E-state index in [9.17, 15) is 14.4 Å². The normalized spacial score (nSPS) is 10.5. The lowest BCUT2D eigenvalue weighted by Crippen LogP contribution is -2.25. The number of ketones is 1. The number of carbonyl (C=O) groups is 3. The van der Waals surface area contributed by atoms with Gasteiger partial charge in [-0.25, -0.2) is 0 Å². The molecule has 0 unspecified atom stereocenters. The minimum absolute atomic E-state index is 0.00145. The molecule has 2 rings (SSSR count). The summed E-state index contributed by atoms with van der Waals surface area (Å²) in [7, 11) is 0. The van der Waals surface area contributed by atoms with E-state index >= 15 is 0 Å². The van der Waals surface area contributed by atoms with E-state index in [1.165, 1.54) is 6.08 Å². The van der Waals surface area contributed by atoms with Crippen LogP contribution in [0.4, 0.5) is 0 Å². The molecule has 1 N–H and O–H groups in total. The van der Waals surface area contributed by atoms with Crippen LogP contribution in [0.3, 0.4) is 0 Å². The zero-order chi connectivity index (χ0) is 18.8. The maximum absolute atomic E-state index is 11.9. The fourth-order valence-electron chi connectivity index (χ4n) is 2.02. The van der Waals surface area contributed by atoms with Crippen LogP contribution in [0.2, 0.25) is 0 Å². The molecule has 0 fully saturated rings. The second-order valence-corrected chi connectivity index (χ2v) is 6.29. The molecule has 0 aliphatic rings. The molecule has 0 saturated carbocycles. The number of carbonyl (C=O) groups excluding carboxylic acids is 3. The molecular formula is C20H18BrNO4. The number of benzene rings is 2. The van der Waals surface area contributed by atoms with Crippen molar-refractivity contribution in [1.82, 2.24) is 5.32 Å². The summed E-state index contributed by atoms with van der Waals surface area (Å²) < 4.78 is 5.79. The largest absolute Gasteiger partial charge is 0.457 e. The van der Waals surface area contributed by atoms with Gasteiger partial charge in [0.15, 0.2) is 12.4 Å². The van der Waals surface area contributed by atoms with Crippen molar-refractivity contribution < 1.29 is 19.1 Å². The van der Waals surface area contributed by atoms with Gasteiger partial charge in [0.1, 0.15) is 0 Å². The average molecular weight is 416 g/mol. The molecule has 2 aromatic carbocycles. The second-order valence-electron chi connectivity index (χ2n) is 5.38. The van der Waals surface area contributed by atoms with Crippen molar-refractivity contribution >= 4 is 39.7 Å². The molecule has 134 valence electrons. The van der Waals surface area contributed by atoms with Crippen LogP contribution in [-0.4, -0.2) is 30.8 Å². The third kappa shape index (κ3) is 7.03. The van der Waals surface area contributed by atoms with Gasteiger partial charge in [0.2, 0.25) is 5.91 Å². The highest BCUT2D eigenvalue weighted by Crippen LogP contribution is 2.11. The fourth-order valence-corrected chi connectivity index (χ4v) is 2.28. The molecule has 0 aliphatic heterocycles. The van der Waals surface area contributed by atoms with Gasteiger partial charge in [0.05, 0.1) is 6.42 Å². The number of Topliss-reactive ketones (excluding diaryl/α,β-unsaturated/α-hetero) is 1. The Labute approximate surface area is 160 Å². The lowest BCUT2D eigenvalue weighted by Gasteiger charge is -2.05. The summed E-state index contributed by atoms with van der Waals surface area (Å²) in [5.41, 5.74) is 1.38. The zero-order valence-electron chi connectivity index (χ0n) is 14.0. The van der Waals surface area contributed by atoms with Gasteiger partial charge in [-0.3, -0.25) is 14.4 Å². The summed E-state index contributed by atoms with van der Waals surface area (Å²) >= 11 is 3.29. The first-order chi connectivity index (χ1) is 12.5. The van der Waals surface area contributed by atoms with Crippen molar-refractivity contribution in [2.75, 3.05) is 13.2 Å². The molecule has 0 radical (unpaired) electrons. The van der Waals surface area contributed by atoms with E-state index in [2.05, 4.69) is 21.2 Å². The number of amides is 1. The van der Waals surface area contributed by atoms with E-state index < -0.39 is 5.97 Å². The summed E-state index contributed by atoms with van der Waals surface area (Å²) in [6, 6.07) is 16.2. The monoisotopic (exact) mass is 415 g/mol. The number of esters is 1. The van der Waals surface area contributed by atoms with Crippen LogP contribution in [0.1, 0.15) is 22.3 Å². The molecular weight excluding hydrogens is 398 g/mol. The van der Waals surface area contributed by atoms with Gasteiger partial charge in [-0.15, -0.1) is 0 Å². The van der Waals surface area contributed by atoms with E-state index in [0.717, 1.165) is 10.0 Å². The number of ether oxygens (including phenoxy) is 1. The third-order valence-electron chi connectivity index (χ3n) is 3.39. The molecule has 0 aliphatic carbocycles. The van der Waals surface area contributed by atoms with Gasteiger partial charge < -0.3 is 10.1 Å². The van der Waals surface area contributed by atoms with Crippen molar-refractivity contribution in [1.29, 1.82) is 0 Å². The Morgan fingerprint density at radius 2 is 1.69 bits per heavy atom. The maximum atomic E-state index is 11.9. The highest BCUT2D eigenvalue weighted by molar-refractivity contribution is 9.10. The zero-order valence-corrected chi connectivity index (χ0v) is 15.6. The predicted molar refractivity (Wildman–Crippen MR) is 103 cm³/mol. The molecule has 0 spiro atoms. The highest BCUT2D eigenvalue weighted by atomic mass is 79.9. The summed E-state index contributed by atoms with van der Waals surface area (Å²) in [5, 5.41) is 2.59. The molecule has 0 saturated heterocycles. The van der Waals surface area contributed by atoms with E-state index in [0.29, 0.717) is 5.56 Å². The van der Waals surface area contributed by atoms with Gasteiger partial charge in [-0.2, -0.15) is 0 Å². The first-order valence-electron chi connectivity index (χ1n) is 8.00. The van der Waals surface area contributed by atoms with Crippen molar-refractivity contribution in [2.45, 2.75) is 6.42 Å². The number of hydrogen-bond donors (Lipinski definition) is 1. The van der Waals surface area contributed by atoms with Crippen LogP contribution in [0.25, 0.3) is 6.08 Å². The number of hydrogen-bond acceptors (Lipinski definition) is 4. The fraction of sp³-hybridized carbons (Fsp3) is 0.150. The minimum Gasteiger partial charge on any atom is -0.457 e. The Morgan fingerprint density at radius 1 is 1.00 bits per heavy atom. The van der Waals surface area contributed by atoms with Crippen LogP contribution < -0.4 is 5.32 Å². The smallest absolute Gasteiger partial charge is 0.308 e. The number of rotatable bonds is 8. The first-order valence-corrected chi connectivity index (χ1v) is 8.79. The van der Waals surface area contributed by atoms with Gasteiger partial charge in [-0.1, -0.05) is 58.4 Å². The Bertz CT molecular complexity index is 785. The van der Waals surface area contributed by atoms with Gasteiger partial charge in [0.25, 0.3) is 0 Å². The van der Waals surface area contributed by atoms with E-state index in [1.54, 1.807) is 30.3 Å². The van der Waals surface area contributed by atoms with Gasteiger partial charge in [-0.05, 0) is 23.8 Å². The Morgan fingerprint density at radius 3 is 2.38 bits per heavy atom. The van der Waals surface area contributed by atoms with Crippen LogP contribution in [-0.2, 0) is 14.3 Å². The molecule has 2 aromatic rings. The summed E-state index contributed by atoms with van der Waals surface area (Å²) in [5.74, 6) is -1.11. The molecule has 5 nitrogen and oxygen atoms in total. The molecule has 0 bridgehead atoms. The quantitative estimate of drug-likeness (QED) is 0.407. The van der Waals surface area contributed by atoms with Gasteiger partial charge >= 0.3 is 5.97 Å². The van der Waals surface area contributed by atoms with Crippen LogP contribution in [0.15, 0.2) is 65.1 Å². The Balaban J connectivity index is 1.65. The SMILES string of the molecule is O=C(/C=C/c1ccccc1)NCCC(=O)OCC(=O)c1ccc(Br)cc1. The summed E-state index contributed by atoms with van der Waals surface area (Å²) in [4.78, 5) is 35.2. The molecule has 26 heavy (non-hydrogen) atoms. The minimum atomic E-state index is -0.539. The van der Waals surface area contributed by atoms with Crippen LogP contribution in [0, 0.1) is 0 Å². The lowest BCUT2D eigenvalue weighted by molar-refractivity contribution is -0.142. The number of halogens is 1. The summed E-state index contributed by atoms with van der Waals surface area (Å²) in [6.07, 6.45) is 3.08. The van der Waals surface area contributed by atoms with Crippen LogP contribution >= 0.6 is 15.9 Å². The molecule has 0 atom stereocenters. The Kier molecular flexibility index (Phi) is 7.76. The highest BCUT2D eigenvalue weighted by Gasteiger charge is 2.10. The average Bonchev–Trinajstić information content (AvgIpc) is 2.66. The van der Waals surface area contributed by atoms with Crippen molar-refractivity contribution in [3.05, 3.63) is 76.3 Å². The first kappa shape index (κ1) is 19.6. The van der Waals surface area contributed by atoms with Crippen molar-refractivity contribution in [3.63, 3.8) is 0 Å². The van der Waals surface area contributed by atoms with Gasteiger partial charge in [0, 0.05) is 22.7 Å². The lowest BCUT2D eigenvalue weighted by atomic mass is 10.1. The topological polar surface area (TPSA) is 72.5 Å². The molecule has 0 heterocycles. The van der Waals surface area contributed by atoms with E-state index in [-0.39, 0.29) is 31.3 Å². The standard InChI is InChI=1S/C20H18BrNO4/c21-17-9-7-16(8-10-17)18(23)14-26-20(25)12-13-22-19(24)11-6-15-4-2-1-3-5-15/h1-11H,12-14H2,(H,22,24)/b11-6+. The Hall–Kier alpha value is -2.73. The third-order valence-corrected chi connectivity index (χ3v) is 3.91. The number of nitrogens with one attached hydrogen (secondary N) is 1. The molecule has 1 amide bonds. The molecule has 0 aromatic heterocycles. The van der Waals surface area contributed by atoms with Crippen molar-refractivity contribution in [3.8, 4) is 0 Å². The second kappa shape index (κ2) is 10.3. The van der Waals surface area contributed by atoms with Crippen molar-refractivity contribution in [2.24, 2.45) is 0 Å². The van der Waals surface area contributed by atoms with E-state index in [4.69, 9.17) is 4.74 Å².